The van der Waals surface area contributed by atoms with Gasteiger partial charge in [-0.05, 0) is 83.7 Å². The molecular weight excluding hydrogens is 628 g/mol. The summed E-state index contributed by atoms with van der Waals surface area (Å²) in [4.78, 5) is 39.8. The van der Waals surface area contributed by atoms with Gasteiger partial charge in [-0.2, -0.15) is 0 Å². The quantitative estimate of drug-likeness (QED) is 0.171. The van der Waals surface area contributed by atoms with E-state index in [9.17, 15) is 18.8 Å². The number of nitrogens with zero attached hydrogens (tertiary/aromatic N) is 1. The highest BCUT2D eigenvalue weighted by molar-refractivity contribution is 14.1. The first-order valence-corrected chi connectivity index (χ1v) is 14.0. The number of ether oxygens (including phenoxy) is 2. The van der Waals surface area contributed by atoms with E-state index in [-0.39, 0.29) is 46.8 Å². The number of Topliss-reactive ketones (excluding diaryl/α,β-unsaturated/α-hetero) is 1. The number of benzene rings is 2. The predicted octanol–water partition coefficient (Wildman–Crippen LogP) is 5.64. The number of pyridine rings is 1. The molecule has 40 heavy (non-hydrogen) atoms. The topological polar surface area (TPSA) is 87.7 Å². The fraction of sp³-hybridized carbons (Fsp3) is 0.323. The van der Waals surface area contributed by atoms with E-state index in [1.165, 1.54) is 20.3 Å². The summed E-state index contributed by atoms with van der Waals surface area (Å²) in [6.07, 6.45) is 0.898. The maximum Gasteiger partial charge on any atom is 0.339 e. The molecule has 0 spiro atoms. The molecule has 0 unspecified atom stereocenters. The third-order valence-electron chi connectivity index (χ3n) is 7.44. The van der Waals surface area contributed by atoms with E-state index in [2.05, 4.69) is 0 Å². The minimum atomic E-state index is -0.979. The number of fused-ring (bicyclic) bond motifs is 1. The first-order chi connectivity index (χ1) is 19.1. The number of rotatable bonds is 9. The molecule has 5 rings (SSSR count). The van der Waals surface area contributed by atoms with Gasteiger partial charge in [0.2, 0.25) is 6.29 Å². The summed E-state index contributed by atoms with van der Waals surface area (Å²) in [5, 5.41) is 0.280. The lowest BCUT2D eigenvalue weighted by molar-refractivity contribution is -0.155. The van der Waals surface area contributed by atoms with Gasteiger partial charge in [-0.15, -0.1) is 0 Å². The Morgan fingerprint density at radius 2 is 1.85 bits per heavy atom. The number of hydrogen-bond donors (Lipinski definition) is 0. The van der Waals surface area contributed by atoms with Crippen LogP contribution < -0.4 is 11.2 Å². The van der Waals surface area contributed by atoms with Gasteiger partial charge in [0.1, 0.15) is 5.82 Å². The number of aromatic nitrogens is 1. The molecule has 2 heterocycles. The van der Waals surface area contributed by atoms with Gasteiger partial charge in [0.05, 0.1) is 5.39 Å². The first kappa shape index (κ1) is 28.4. The van der Waals surface area contributed by atoms with Gasteiger partial charge in [-0.3, -0.25) is 9.59 Å². The molecule has 1 saturated carbocycles. The fourth-order valence-electron chi connectivity index (χ4n) is 5.30. The van der Waals surface area contributed by atoms with Crippen molar-refractivity contribution >= 4 is 39.3 Å². The average Bonchev–Trinajstić information content (AvgIpc) is 3.74. The van der Waals surface area contributed by atoms with E-state index in [1.54, 1.807) is 23.6 Å². The van der Waals surface area contributed by atoms with Gasteiger partial charge in [0.25, 0.3) is 5.56 Å². The Bertz CT molecular complexity index is 1750. The molecule has 1 aliphatic carbocycles. The molecular formula is C31H29FINO6. The van der Waals surface area contributed by atoms with Crippen LogP contribution in [0.1, 0.15) is 46.8 Å². The molecule has 0 atom stereocenters. The van der Waals surface area contributed by atoms with Crippen LogP contribution in [-0.2, 0) is 27.1 Å². The van der Waals surface area contributed by atoms with E-state index < -0.39 is 17.7 Å². The highest BCUT2D eigenvalue weighted by atomic mass is 127. The van der Waals surface area contributed by atoms with Crippen molar-refractivity contribution in [1.29, 1.82) is 0 Å². The van der Waals surface area contributed by atoms with Crippen molar-refractivity contribution in [2.45, 2.75) is 51.9 Å². The van der Waals surface area contributed by atoms with Crippen molar-refractivity contribution < 1.29 is 23.1 Å². The molecule has 1 fully saturated rings. The summed E-state index contributed by atoms with van der Waals surface area (Å²) >= 11 is 2.04. The monoisotopic (exact) mass is 657 g/mol. The summed E-state index contributed by atoms with van der Waals surface area (Å²) in [6.45, 7) is 3.45. The molecule has 0 N–H and O–H groups in total. The average molecular weight is 657 g/mol. The van der Waals surface area contributed by atoms with E-state index in [0.29, 0.717) is 33.5 Å². The molecule has 0 saturated heterocycles. The predicted molar refractivity (Wildman–Crippen MR) is 158 cm³/mol. The largest absolute Gasteiger partial charge is 0.422 e. The van der Waals surface area contributed by atoms with Crippen molar-refractivity contribution in [3.05, 3.63) is 101 Å². The fourth-order valence-corrected chi connectivity index (χ4v) is 5.75. The highest BCUT2D eigenvalue weighted by Gasteiger charge is 2.31. The third-order valence-corrected chi connectivity index (χ3v) is 8.12. The molecule has 0 amide bonds. The zero-order valence-electron chi connectivity index (χ0n) is 22.7. The van der Waals surface area contributed by atoms with Crippen LogP contribution in [-0.4, -0.2) is 30.9 Å². The molecule has 2 aromatic heterocycles. The Hall–Kier alpha value is -3.15. The van der Waals surface area contributed by atoms with Gasteiger partial charge in [-0.25, -0.2) is 9.18 Å². The van der Waals surface area contributed by atoms with Crippen LogP contribution in [0.25, 0.3) is 22.1 Å². The third kappa shape index (κ3) is 5.29. The standard InChI is InChI=1S/C31H29FINO6/c1-16-23(14-19-8-9-21(33)15-24(19)32)27-28(40-30(16)37)26(17(2)34(29(27)36)22-10-11-22)20-7-5-6-18(12-20)13-25(35)31(38-3)39-4/h5-9,12,15,22,31H,10-11,13-14H2,1-4H3. The minimum absolute atomic E-state index is 0.0414. The van der Waals surface area contributed by atoms with Gasteiger partial charge < -0.3 is 18.5 Å². The van der Waals surface area contributed by atoms with Crippen molar-refractivity contribution in [1.82, 2.24) is 4.57 Å². The SMILES string of the molecule is COC(OC)C(=O)Cc1cccc(-c2c(C)n(C3CC3)c(=O)c3c(Cc4ccc(I)cc4F)c(C)c(=O)oc23)c1. The van der Waals surface area contributed by atoms with Crippen molar-refractivity contribution in [2.24, 2.45) is 0 Å². The van der Waals surface area contributed by atoms with E-state index >= 15 is 0 Å². The summed E-state index contributed by atoms with van der Waals surface area (Å²) in [7, 11) is 2.81. The maximum atomic E-state index is 14.9. The van der Waals surface area contributed by atoms with Crippen LogP contribution in [0.3, 0.4) is 0 Å². The smallest absolute Gasteiger partial charge is 0.339 e. The van der Waals surface area contributed by atoms with Crippen LogP contribution in [0, 0.1) is 23.2 Å². The van der Waals surface area contributed by atoms with Crippen LogP contribution >= 0.6 is 22.6 Å². The second-order valence-corrected chi connectivity index (χ2v) is 11.4. The van der Waals surface area contributed by atoms with Crippen molar-refractivity contribution in [2.75, 3.05) is 14.2 Å². The number of carbonyl (C=O) groups excluding carboxylic acids is 1. The Kier molecular flexibility index (Phi) is 8.08. The van der Waals surface area contributed by atoms with Crippen LogP contribution in [0.15, 0.2) is 56.5 Å². The first-order valence-electron chi connectivity index (χ1n) is 13.0. The molecule has 0 bridgehead atoms. The van der Waals surface area contributed by atoms with E-state index in [4.69, 9.17) is 13.9 Å². The molecule has 9 heteroatoms. The lowest BCUT2D eigenvalue weighted by Gasteiger charge is -2.19. The Morgan fingerprint density at radius 3 is 2.50 bits per heavy atom. The van der Waals surface area contributed by atoms with Crippen LogP contribution in [0.2, 0.25) is 0 Å². The summed E-state index contributed by atoms with van der Waals surface area (Å²) in [6, 6.07) is 12.3. The van der Waals surface area contributed by atoms with Gasteiger partial charge in [0, 0.05) is 53.5 Å². The molecule has 208 valence electrons. The highest BCUT2D eigenvalue weighted by Crippen LogP contribution is 2.40. The van der Waals surface area contributed by atoms with Gasteiger partial charge in [0.15, 0.2) is 11.4 Å². The van der Waals surface area contributed by atoms with Crippen molar-refractivity contribution in [3.63, 3.8) is 0 Å². The zero-order chi connectivity index (χ0) is 28.7. The normalized spacial score (nSPS) is 13.4. The molecule has 2 aromatic carbocycles. The number of halogens is 2. The second-order valence-electron chi connectivity index (χ2n) is 10.1. The van der Waals surface area contributed by atoms with Crippen LogP contribution in [0.4, 0.5) is 4.39 Å². The number of methoxy groups -OCH3 is 2. The van der Waals surface area contributed by atoms with Gasteiger partial charge >= 0.3 is 5.63 Å². The zero-order valence-corrected chi connectivity index (χ0v) is 24.8. The molecule has 4 aromatic rings. The lowest BCUT2D eigenvalue weighted by atomic mass is 9.93. The van der Waals surface area contributed by atoms with Crippen LogP contribution in [0.5, 0.6) is 0 Å². The Balaban J connectivity index is 1.75. The molecule has 0 aliphatic heterocycles. The molecule has 0 radical (unpaired) electrons. The van der Waals surface area contributed by atoms with E-state index in [1.807, 2.05) is 53.8 Å². The Labute approximate surface area is 244 Å². The summed E-state index contributed by atoms with van der Waals surface area (Å²) in [5.41, 5.74) is 3.17. The second kappa shape index (κ2) is 11.4. The number of ketones is 1. The minimum Gasteiger partial charge on any atom is -0.422 e. The molecule has 7 nitrogen and oxygen atoms in total. The Morgan fingerprint density at radius 1 is 1.12 bits per heavy atom. The van der Waals surface area contributed by atoms with Crippen molar-refractivity contribution in [3.8, 4) is 11.1 Å². The summed E-state index contributed by atoms with van der Waals surface area (Å²) < 4.78 is 33.5. The number of hydrogen-bond acceptors (Lipinski definition) is 6. The number of carbonyl (C=O) groups is 1. The maximum absolute atomic E-state index is 14.9. The summed E-state index contributed by atoms with van der Waals surface area (Å²) in [5.74, 6) is -0.638. The van der Waals surface area contributed by atoms with E-state index in [0.717, 1.165) is 16.4 Å². The van der Waals surface area contributed by atoms with Gasteiger partial charge in [-0.1, -0.05) is 30.3 Å². The lowest BCUT2D eigenvalue weighted by Crippen LogP contribution is -2.26. The molecule has 1 aliphatic rings.